The van der Waals surface area contributed by atoms with Crippen molar-refractivity contribution < 1.29 is 27.5 Å². The molecular formula is C14H14N2O7S. The van der Waals surface area contributed by atoms with Crippen LogP contribution in [0.1, 0.15) is 15.9 Å². The van der Waals surface area contributed by atoms with Crippen molar-refractivity contribution in [2.75, 3.05) is 0 Å². The predicted octanol–water partition coefficient (Wildman–Crippen LogP) is 1.87. The van der Waals surface area contributed by atoms with Crippen molar-refractivity contribution in [1.29, 1.82) is 0 Å². The van der Waals surface area contributed by atoms with E-state index in [1.165, 1.54) is 36.4 Å². The summed E-state index contributed by atoms with van der Waals surface area (Å²) in [7, 11) is -4.02. The van der Waals surface area contributed by atoms with Gasteiger partial charge in [-0.3, -0.25) is 14.7 Å². The zero-order chi connectivity index (χ0) is 18.3. The van der Waals surface area contributed by atoms with Gasteiger partial charge in [-0.05, 0) is 25.1 Å². The van der Waals surface area contributed by atoms with Crippen LogP contribution in [0.4, 0.5) is 5.69 Å². The second-order valence-electron chi connectivity index (χ2n) is 4.47. The fourth-order valence-electron chi connectivity index (χ4n) is 1.58. The molecule has 0 spiro atoms. The molecule has 2 rings (SSSR count). The fourth-order valence-corrected chi connectivity index (χ4v) is 2.06. The Labute approximate surface area is 137 Å². The van der Waals surface area contributed by atoms with E-state index >= 15 is 0 Å². The molecule has 0 saturated carbocycles. The highest BCUT2D eigenvalue weighted by molar-refractivity contribution is 7.85. The third-order valence-electron chi connectivity index (χ3n) is 2.75. The topological polar surface area (TPSA) is 150 Å². The van der Waals surface area contributed by atoms with Crippen molar-refractivity contribution in [1.82, 2.24) is 0 Å². The first-order chi connectivity index (χ1) is 11.2. The SMILES string of the molecule is Cc1ccc(S(=O)(=O)O)cc1.NOC(=O)c1ccccc1[N+](=O)[O-]. The maximum absolute atomic E-state index is 10.9. The molecule has 24 heavy (non-hydrogen) atoms. The number of hydrogen-bond acceptors (Lipinski definition) is 7. The first kappa shape index (κ1) is 19.2. The number of benzene rings is 2. The molecule has 0 heterocycles. The molecule has 0 saturated heterocycles. The van der Waals surface area contributed by atoms with E-state index in [9.17, 15) is 23.3 Å². The van der Waals surface area contributed by atoms with Crippen molar-refractivity contribution in [2.24, 2.45) is 5.90 Å². The van der Waals surface area contributed by atoms with Crippen LogP contribution in [0.5, 0.6) is 0 Å². The summed E-state index contributed by atoms with van der Waals surface area (Å²) < 4.78 is 29.6. The van der Waals surface area contributed by atoms with E-state index in [-0.39, 0.29) is 16.1 Å². The zero-order valence-corrected chi connectivity index (χ0v) is 13.3. The minimum atomic E-state index is -4.02. The second kappa shape index (κ2) is 8.15. The van der Waals surface area contributed by atoms with Crippen LogP contribution in [0.25, 0.3) is 0 Å². The van der Waals surface area contributed by atoms with E-state index in [2.05, 4.69) is 10.7 Å². The van der Waals surface area contributed by atoms with E-state index in [1.54, 1.807) is 12.1 Å². The van der Waals surface area contributed by atoms with Crippen LogP contribution in [0.2, 0.25) is 0 Å². The first-order valence-electron chi connectivity index (χ1n) is 6.35. The van der Waals surface area contributed by atoms with E-state index in [0.29, 0.717) is 0 Å². The maximum atomic E-state index is 10.9. The molecule has 0 aliphatic carbocycles. The summed E-state index contributed by atoms with van der Waals surface area (Å²) in [5.74, 6) is 3.68. The molecule has 0 unspecified atom stereocenters. The molecule has 0 bridgehead atoms. The van der Waals surface area contributed by atoms with Crippen LogP contribution in [0.15, 0.2) is 53.4 Å². The lowest BCUT2D eigenvalue weighted by molar-refractivity contribution is -0.385. The van der Waals surface area contributed by atoms with Gasteiger partial charge in [0, 0.05) is 6.07 Å². The van der Waals surface area contributed by atoms with Gasteiger partial charge < -0.3 is 4.84 Å². The van der Waals surface area contributed by atoms with E-state index in [4.69, 9.17) is 4.55 Å². The van der Waals surface area contributed by atoms with Crippen LogP contribution in [-0.4, -0.2) is 23.9 Å². The Morgan fingerprint density at radius 3 is 2.17 bits per heavy atom. The molecule has 2 aromatic rings. The summed E-state index contributed by atoms with van der Waals surface area (Å²) in [6.45, 7) is 1.84. The molecule has 9 nitrogen and oxygen atoms in total. The third-order valence-corrected chi connectivity index (χ3v) is 3.61. The fraction of sp³-hybridized carbons (Fsp3) is 0.0714. The second-order valence-corrected chi connectivity index (χ2v) is 5.89. The average molecular weight is 354 g/mol. The van der Waals surface area contributed by atoms with Crippen LogP contribution >= 0.6 is 0 Å². The summed E-state index contributed by atoms with van der Waals surface area (Å²) >= 11 is 0. The lowest BCUT2D eigenvalue weighted by Crippen LogP contribution is -2.11. The molecule has 10 heteroatoms. The molecule has 2 aromatic carbocycles. The van der Waals surface area contributed by atoms with Gasteiger partial charge in [-0.15, -0.1) is 0 Å². The van der Waals surface area contributed by atoms with Crippen LogP contribution < -0.4 is 5.90 Å². The molecule has 3 N–H and O–H groups in total. The summed E-state index contributed by atoms with van der Waals surface area (Å²) in [5.41, 5.74) is 0.477. The lowest BCUT2D eigenvalue weighted by atomic mass is 10.2. The van der Waals surface area contributed by atoms with Crippen molar-refractivity contribution >= 4 is 21.8 Å². The van der Waals surface area contributed by atoms with Crippen molar-refractivity contribution in [3.05, 3.63) is 69.8 Å². The Morgan fingerprint density at radius 2 is 1.71 bits per heavy atom. The van der Waals surface area contributed by atoms with Crippen molar-refractivity contribution in [3.63, 3.8) is 0 Å². The zero-order valence-electron chi connectivity index (χ0n) is 12.4. The molecule has 0 aliphatic heterocycles. The summed E-state index contributed by atoms with van der Waals surface area (Å²) in [6.07, 6.45) is 0. The Hall–Kier alpha value is -2.82. The number of carbonyl (C=O) groups excluding carboxylic acids is 1. The number of para-hydroxylation sites is 1. The van der Waals surface area contributed by atoms with Crippen LogP contribution in [-0.2, 0) is 15.0 Å². The van der Waals surface area contributed by atoms with Crippen molar-refractivity contribution in [3.8, 4) is 0 Å². The van der Waals surface area contributed by atoms with Gasteiger partial charge in [0.1, 0.15) is 5.56 Å². The smallest absolute Gasteiger partial charge is 0.363 e. The third kappa shape index (κ3) is 5.43. The summed E-state index contributed by atoms with van der Waals surface area (Å²) in [6, 6.07) is 11.4. The van der Waals surface area contributed by atoms with Gasteiger partial charge in [0.2, 0.25) is 0 Å². The first-order valence-corrected chi connectivity index (χ1v) is 7.79. The lowest BCUT2D eigenvalue weighted by Gasteiger charge is -1.98. The van der Waals surface area contributed by atoms with Crippen LogP contribution in [0, 0.1) is 17.0 Å². The Balaban J connectivity index is 0.000000243. The minimum Gasteiger partial charge on any atom is -0.369 e. The Morgan fingerprint density at radius 1 is 1.17 bits per heavy atom. The Bertz CT molecular complexity index is 832. The van der Waals surface area contributed by atoms with Gasteiger partial charge in [0.25, 0.3) is 15.8 Å². The summed E-state index contributed by atoms with van der Waals surface area (Å²) in [5, 5.41) is 10.4. The number of carbonyl (C=O) groups is 1. The highest BCUT2D eigenvalue weighted by atomic mass is 32.2. The summed E-state index contributed by atoms with van der Waals surface area (Å²) in [4.78, 5) is 24.4. The van der Waals surface area contributed by atoms with Crippen molar-refractivity contribution in [2.45, 2.75) is 11.8 Å². The molecule has 0 fully saturated rings. The van der Waals surface area contributed by atoms with E-state index in [0.717, 1.165) is 5.56 Å². The number of nitro groups is 1. The van der Waals surface area contributed by atoms with Gasteiger partial charge in [-0.25, -0.2) is 4.79 Å². The van der Waals surface area contributed by atoms with Gasteiger partial charge in [-0.1, -0.05) is 29.8 Å². The monoisotopic (exact) mass is 354 g/mol. The van der Waals surface area contributed by atoms with E-state index in [1.807, 2.05) is 6.92 Å². The highest BCUT2D eigenvalue weighted by Gasteiger charge is 2.19. The number of nitrogens with two attached hydrogens (primary N) is 1. The molecule has 128 valence electrons. The molecule has 0 aliphatic rings. The van der Waals surface area contributed by atoms with Gasteiger partial charge in [0.05, 0.1) is 9.82 Å². The number of nitrogens with zero attached hydrogens (tertiary/aromatic N) is 1. The number of aryl methyl sites for hydroxylation is 1. The van der Waals surface area contributed by atoms with Gasteiger partial charge in [0.15, 0.2) is 0 Å². The number of nitro benzene ring substituents is 1. The molecule has 0 radical (unpaired) electrons. The standard InChI is InChI=1S/C7H6N2O4.C7H8O3S/c8-13-7(10)5-3-1-2-4-6(5)9(11)12;1-6-2-4-7(5-3-6)11(8,9)10/h1-4H,8H2;2-5H,1H3,(H,8,9,10). The Kier molecular flexibility index (Phi) is 6.53. The number of rotatable bonds is 3. The minimum absolute atomic E-state index is 0.0666. The largest absolute Gasteiger partial charge is 0.369 e. The van der Waals surface area contributed by atoms with Crippen LogP contribution in [0.3, 0.4) is 0 Å². The molecule has 0 atom stereocenters. The predicted molar refractivity (Wildman–Crippen MR) is 83.7 cm³/mol. The average Bonchev–Trinajstić information content (AvgIpc) is 2.54. The molecule has 0 amide bonds. The maximum Gasteiger partial charge on any atom is 0.363 e. The quantitative estimate of drug-likeness (QED) is 0.482. The molecule has 0 aromatic heterocycles. The normalized spacial score (nSPS) is 10.3. The van der Waals surface area contributed by atoms with Gasteiger partial charge in [-0.2, -0.15) is 14.3 Å². The van der Waals surface area contributed by atoms with Gasteiger partial charge >= 0.3 is 5.97 Å². The number of hydrogen-bond donors (Lipinski definition) is 2. The molecular weight excluding hydrogens is 340 g/mol. The highest BCUT2D eigenvalue weighted by Crippen LogP contribution is 2.17. The van der Waals surface area contributed by atoms with E-state index < -0.39 is 21.0 Å².